The number of thiophene rings is 1. The highest BCUT2D eigenvalue weighted by Crippen LogP contribution is 2.47. The summed E-state index contributed by atoms with van der Waals surface area (Å²) in [5, 5.41) is 16.5. The topological polar surface area (TPSA) is 29.5 Å². The largest absolute Gasteiger partial charge is 0.569 e. The number of hydrogen-bond donors (Lipinski definition) is 1. The maximum atomic E-state index is 9.33. The lowest BCUT2D eigenvalue weighted by atomic mass is 9.96. The molecule has 0 unspecified atom stereocenters. The third-order valence-corrected chi connectivity index (χ3v) is 6.97. The fraction of sp³-hybridized carbons (Fsp3) is 0. The Morgan fingerprint density at radius 3 is 2.17 bits per heavy atom. The van der Waals surface area contributed by atoms with Crippen molar-refractivity contribution in [1.29, 1.82) is 0 Å². The van der Waals surface area contributed by atoms with E-state index in [2.05, 4.69) is 78.9 Å². The molecule has 0 aliphatic rings. The summed E-state index contributed by atoms with van der Waals surface area (Å²) in [4.78, 5) is 0. The first-order valence-electron chi connectivity index (χ1n) is 9.83. The van der Waals surface area contributed by atoms with Crippen molar-refractivity contribution >= 4 is 60.7 Å². The number of hydrogen-bond acceptors (Lipinski definition) is 3. The van der Waals surface area contributed by atoms with Gasteiger partial charge in [-0.2, -0.15) is 0 Å². The fourth-order valence-electron chi connectivity index (χ4n) is 4.43. The highest BCUT2D eigenvalue weighted by molar-refractivity contribution is 7.27. The minimum Gasteiger partial charge on any atom is -0.536 e. The average molecular weight is 403 g/mol. The van der Waals surface area contributed by atoms with E-state index in [0.29, 0.717) is 5.75 Å². The van der Waals surface area contributed by atoms with Crippen molar-refractivity contribution in [3.63, 3.8) is 0 Å². The van der Waals surface area contributed by atoms with Crippen LogP contribution in [0.25, 0.3) is 52.8 Å². The second-order valence-corrected chi connectivity index (χ2v) is 8.35. The van der Waals surface area contributed by atoms with Gasteiger partial charge < -0.3 is 9.68 Å². The normalized spacial score (nSPS) is 11.5. The molecule has 4 heteroatoms. The van der Waals surface area contributed by atoms with Crippen LogP contribution < -0.4 is 4.65 Å². The molecule has 0 spiro atoms. The minimum atomic E-state index is 0.677. The van der Waals surface area contributed by atoms with Gasteiger partial charge >= 0.3 is 7.69 Å². The average Bonchev–Trinajstić information content (AvgIpc) is 3.19. The molecular formula is C26H16BO2S. The summed E-state index contributed by atoms with van der Waals surface area (Å²) in [5.41, 5.74) is 2.44. The number of rotatable bonds is 3. The maximum Gasteiger partial charge on any atom is 0.569 e. The Bertz CT molecular complexity index is 1560. The molecule has 0 aliphatic heterocycles. The Morgan fingerprint density at radius 1 is 0.633 bits per heavy atom. The van der Waals surface area contributed by atoms with Gasteiger partial charge in [0, 0.05) is 21.0 Å². The van der Waals surface area contributed by atoms with Crippen molar-refractivity contribution in [3.8, 4) is 16.9 Å². The monoisotopic (exact) mass is 403 g/mol. The van der Waals surface area contributed by atoms with E-state index in [-0.39, 0.29) is 0 Å². The predicted octanol–water partition coefficient (Wildman–Crippen LogP) is 6.93. The summed E-state index contributed by atoms with van der Waals surface area (Å²) in [6, 6.07) is 31.8. The zero-order chi connectivity index (χ0) is 20.1. The first kappa shape index (κ1) is 17.5. The molecule has 1 N–H and O–H groups in total. The third kappa shape index (κ3) is 2.55. The van der Waals surface area contributed by atoms with Crippen molar-refractivity contribution < 1.29 is 9.68 Å². The molecule has 6 rings (SSSR count). The Morgan fingerprint density at radius 2 is 1.30 bits per heavy atom. The van der Waals surface area contributed by atoms with E-state index in [1.54, 1.807) is 11.3 Å². The fourth-order valence-corrected chi connectivity index (χ4v) is 5.74. The van der Waals surface area contributed by atoms with Gasteiger partial charge in [-0.05, 0) is 33.2 Å². The molecule has 141 valence electrons. The highest BCUT2D eigenvalue weighted by Gasteiger charge is 2.17. The van der Waals surface area contributed by atoms with Gasteiger partial charge in [-0.15, -0.1) is 11.3 Å². The van der Waals surface area contributed by atoms with Crippen LogP contribution in [0.5, 0.6) is 5.75 Å². The summed E-state index contributed by atoms with van der Waals surface area (Å²) >= 11 is 1.72. The molecule has 0 aliphatic carbocycles. The van der Waals surface area contributed by atoms with Crippen LogP contribution in [0.15, 0.2) is 91.0 Å². The van der Waals surface area contributed by atoms with E-state index in [4.69, 9.17) is 4.65 Å². The summed E-state index contributed by atoms with van der Waals surface area (Å²) in [6.07, 6.45) is 0. The summed E-state index contributed by atoms with van der Waals surface area (Å²) in [6.45, 7) is 0. The summed E-state index contributed by atoms with van der Waals surface area (Å²) in [5.74, 6) is 0.677. The number of fused-ring (bicyclic) bond motifs is 6. The molecule has 2 nitrogen and oxygen atoms in total. The first-order chi connectivity index (χ1) is 14.8. The van der Waals surface area contributed by atoms with Crippen LogP contribution in [0.1, 0.15) is 0 Å². The lowest BCUT2D eigenvalue weighted by molar-refractivity contribution is 0.457. The van der Waals surface area contributed by atoms with Crippen LogP contribution in [0.2, 0.25) is 0 Å². The smallest absolute Gasteiger partial charge is 0.536 e. The predicted molar refractivity (Wildman–Crippen MR) is 128 cm³/mol. The van der Waals surface area contributed by atoms with Crippen molar-refractivity contribution in [3.05, 3.63) is 91.0 Å². The lowest BCUT2D eigenvalue weighted by Crippen LogP contribution is -1.99. The van der Waals surface area contributed by atoms with Gasteiger partial charge in [-0.25, -0.2) is 0 Å². The van der Waals surface area contributed by atoms with Gasteiger partial charge in [0.15, 0.2) is 0 Å². The van der Waals surface area contributed by atoms with E-state index in [0.717, 1.165) is 17.8 Å². The standard InChI is InChI=1S/C26H16BO2S/c28-27-29-23-15-17-8-2-4-11-19(17)24-22-14-6-13-21(25(22)30-26(23)24)20-12-5-9-16-7-1-3-10-18(16)20/h1-15,28H. The molecule has 0 bridgehead atoms. The molecular weight excluding hydrogens is 387 g/mol. The van der Waals surface area contributed by atoms with Gasteiger partial charge in [-0.1, -0.05) is 84.9 Å². The lowest BCUT2D eigenvalue weighted by Gasteiger charge is -2.08. The van der Waals surface area contributed by atoms with Gasteiger partial charge in [0.2, 0.25) is 0 Å². The quantitative estimate of drug-likeness (QED) is 0.325. The molecule has 0 saturated carbocycles. The summed E-state index contributed by atoms with van der Waals surface area (Å²) < 4.78 is 7.78. The highest BCUT2D eigenvalue weighted by atomic mass is 32.1. The molecule has 6 aromatic rings. The van der Waals surface area contributed by atoms with Crippen molar-refractivity contribution in [2.75, 3.05) is 0 Å². The molecule has 1 radical (unpaired) electrons. The summed E-state index contributed by atoms with van der Waals surface area (Å²) in [7, 11) is 0.763. The van der Waals surface area contributed by atoms with Crippen LogP contribution in [0, 0.1) is 0 Å². The van der Waals surface area contributed by atoms with Gasteiger partial charge in [0.1, 0.15) is 5.75 Å². The van der Waals surface area contributed by atoms with Gasteiger partial charge in [0.25, 0.3) is 0 Å². The molecule has 0 fully saturated rings. The Kier molecular flexibility index (Phi) is 4.01. The van der Waals surface area contributed by atoms with Crippen molar-refractivity contribution in [2.45, 2.75) is 0 Å². The molecule has 0 atom stereocenters. The van der Waals surface area contributed by atoms with Crippen LogP contribution in [0.4, 0.5) is 0 Å². The van der Waals surface area contributed by atoms with Gasteiger partial charge in [0.05, 0.1) is 4.70 Å². The van der Waals surface area contributed by atoms with Crippen LogP contribution in [-0.2, 0) is 0 Å². The van der Waals surface area contributed by atoms with Crippen LogP contribution in [-0.4, -0.2) is 12.7 Å². The molecule has 30 heavy (non-hydrogen) atoms. The van der Waals surface area contributed by atoms with E-state index >= 15 is 0 Å². The van der Waals surface area contributed by atoms with Crippen molar-refractivity contribution in [2.24, 2.45) is 0 Å². The Labute approximate surface area is 178 Å². The van der Waals surface area contributed by atoms with E-state index in [1.807, 2.05) is 12.1 Å². The molecule has 0 amide bonds. The Balaban J connectivity index is 1.77. The molecule has 1 aromatic heterocycles. The zero-order valence-electron chi connectivity index (χ0n) is 16.0. The van der Waals surface area contributed by atoms with E-state index in [1.165, 1.54) is 42.8 Å². The molecule has 0 saturated heterocycles. The number of benzene rings is 5. The van der Waals surface area contributed by atoms with E-state index in [9.17, 15) is 5.02 Å². The van der Waals surface area contributed by atoms with Crippen molar-refractivity contribution in [1.82, 2.24) is 0 Å². The maximum absolute atomic E-state index is 9.33. The first-order valence-corrected chi connectivity index (χ1v) is 10.6. The van der Waals surface area contributed by atoms with Crippen LogP contribution >= 0.6 is 11.3 Å². The molecule has 1 heterocycles. The SMILES string of the molecule is O[B]Oc1cc2ccccc2c2c1sc1c(-c3cccc4ccccc34)cccc12. The Hall–Kier alpha value is -3.34. The minimum absolute atomic E-state index is 0.677. The third-order valence-electron chi connectivity index (χ3n) is 5.72. The van der Waals surface area contributed by atoms with Gasteiger partial charge in [-0.3, -0.25) is 0 Å². The molecule has 5 aromatic carbocycles. The second kappa shape index (κ2) is 6.87. The van der Waals surface area contributed by atoms with E-state index < -0.39 is 0 Å². The van der Waals surface area contributed by atoms with Crippen LogP contribution in [0.3, 0.4) is 0 Å². The zero-order valence-corrected chi connectivity index (χ0v) is 16.8. The second-order valence-electron chi connectivity index (χ2n) is 7.33.